The molecule has 0 bridgehead atoms. The molecule has 6 heteroatoms. The lowest BCUT2D eigenvalue weighted by molar-refractivity contribution is -0.00593. The topological polar surface area (TPSA) is 32.5 Å². The van der Waals surface area contributed by atoms with Crippen LogP contribution >= 0.6 is 38.9 Å². The van der Waals surface area contributed by atoms with Crippen molar-refractivity contribution in [1.29, 1.82) is 0 Å². The van der Waals surface area contributed by atoms with E-state index in [1.165, 1.54) is 37.2 Å². The van der Waals surface area contributed by atoms with E-state index in [0.717, 1.165) is 15.4 Å². The first-order valence-corrected chi connectivity index (χ1v) is 9.73. The van der Waals surface area contributed by atoms with Crippen molar-refractivity contribution in [2.75, 3.05) is 26.2 Å². The molecule has 118 valence electrons. The van der Waals surface area contributed by atoms with Crippen molar-refractivity contribution in [1.82, 2.24) is 9.80 Å². The Morgan fingerprint density at radius 2 is 2.29 bits per heavy atom. The van der Waals surface area contributed by atoms with Crippen LogP contribution in [-0.4, -0.2) is 48.1 Å². The zero-order chi connectivity index (χ0) is 15.0. The Bertz CT molecular complexity index is 476. The first-order valence-electron chi connectivity index (χ1n) is 7.74. The summed E-state index contributed by atoms with van der Waals surface area (Å²) >= 11 is 11.4. The summed E-state index contributed by atoms with van der Waals surface area (Å²) in [5.74, 6) is 0. The number of hydrogen-bond acceptors (Lipinski definition) is 4. The summed E-state index contributed by atoms with van der Waals surface area (Å²) in [6.45, 7) is 6.56. The van der Waals surface area contributed by atoms with Gasteiger partial charge in [-0.15, -0.1) is 11.3 Å². The van der Waals surface area contributed by atoms with Gasteiger partial charge in [-0.25, -0.2) is 0 Å². The van der Waals surface area contributed by atoms with Crippen LogP contribution in [0.4, 0.5) is 0 Å². The summed E-state index contributed by atoms with van der Waals surface area (Å²) in [6.07, 6.45) is 4.06. The predicted octanol–water partition coefficient (Wildman–Crippen LogP) is 3.72. The highest BCUT2D eigenvalue weighted by molar-refractivity contribution is 9.10. The normalized spacial score (nSPS) is 29.3. The standard InChI is InChI=1S/C15H23BrClN3S/c1-10-8-19-5-3-2-4-11(19)9-20(10)13(7-18)14-6-12(16)15(17)21-14/h6,10-11,13H,2-5,7-9,18H2,1H3. The predicted molar refractivity (Wildman–Crippen MR) is 94.2 cm³/mol. The Morgan fingerprint density at radius 1 is 1.48 bits per heavy atom. The molecule has 0 spiro atoms. The molecule has 21 heavy (non-hydrogen) atoms. The molecule has 2 fully saturated rings. The minimum atomic E-state index is 0.290. The molecule has 2 saturated heterocycles. The number of halogens is 2. The van der Waals surface area contributed by atoms with E-state index in [1.54, 1.807) is 11.3 Å². The van der Waals surface area contributed by atoms with E-state index in [9.17, 15) is 0 Å². The molecule has 2 aliphatic rings. The zero-order valence-corrected chi connectivity index (χ0v) is 15.6. The molecule has 3 rings (SSSR count). The summed E-state index contributed by atoms with van der Waals surface area (Å²) in [4.78, 5) is 6.56. The average molecular weight is 393 g/mol. The molecule has 3 atom stereocenters. The summed E-state index contributed by atoms with van der Waals surface area (Å²) < 4.78 is 1.82. The number of fused-ring (bicyclic) bond motifs is 1. The highest BCUT2D eigenvalue weighted by Gasteiger charge is 2.36. The molecule has 2 aliphatic heterocycles. The number of nitrogens with zero attached hydrogens (tertiary/aromatic N) is 2. The number of hydrogen-bond donors (Lipinski definition) is 1. The van der Waals surface area contributed by atoms with Crippen LogP contribution in [0.2, 0.25) is 4.34 Å². The van der Waals surface area contributed by atoms with Gasteiger partial charge in [0.25, 0.3) is 0 Å². The molecule has 3 nitrogen and oxygen atoms in total. The Morgan fingerprint density at radius 3 is 2.95 bits per heavy atom. The van der Waals surface area contributed by atoms with E-state index in [0.29, 0.717) is 18.6 Å². The third-order valence-corrected chi connectivity index (χ3v) is 7.43. The summed E-state index contributed by atoms with van der Waals surface area (Å²) in [5.41, 5.74) is 6.12. The first kappa shape index (κ1) is 16.2. The molecule has 0 amide bonds. The minimum Gasteiger partial charge on any atom is -0.329 e. The van der Waals surface area contributed by atoms with Gasteiger partial charge in [-0.05, 0) is 48.3 Å². The number of piperazine rings is 1. The van der Waals surface area contributed by atoms with E-state index in [1.807, 2.05) is 0 Å². The fourth-order valence-electron chi connectivity index (χ4n) is 3.75. The van der Waals surface area contributed by atoms with Crippen molar-refractivity contribution in [3.05, 3.63) is 19.8 Å². The lowest BCUT2D eigenvalue weighted by atomic mass is 9.95. The quantitative estimate of drug-likeness (QED) is 0.851. The summed E-state index contributed by atoms with van der Waals surface area (Å²) in [5, 5.41) is 0. The highest BCUT2D eigenvalue weighted by Crippen LogP contribution is 2.38. The summed E-state index contributed by atoms with van der Waals surface area (Å²) in [7, 11) is 0. The molecule has 3 unspecified atom stereocenters. The lowest BCUT2D eigenvalue weighted by Crippen LogP contribution is -2.59. The fourth-order valence-corrected chi connectivity index (χ4v) is 5.62. The second-order valence-electron chi connectivity index (χ2n) is 6.21. The van der Waals surface area contributed by atoms with E-state index in [4.69, 9.17) is 17.3 Å². The minimum absolute atomic E-state index is 0.290. The largest absolute Gasteiger partial charge is 0.329 e. The molecule has 0 saturated carbocycles. The van der Waals surface area contributed by atoms with Gasteiger partial charge in [0.1, 0.15) is 4.34 Å². The Labute approximate surface area is 144 Å². The highest BCUT2D eigenvalue weighted by atomic mass is 79.9. The molecule has 3 heterocycles. The second kappa shape index (κ2) is 6.85. The van der Waals surface area contributed by atoms with Crippen LogP contribution < -0.4 is 5.73 Å². The second-order valence-corrected chi connectivity index (χ2v) is 8.75. The van der Waals surface area contributed by atoms with E-state index in [-0.39, 0.29) is 6.04 Å². The third-order valence-electron chi connectivity index (χ3n) is 4.85. The fraction of sp³-hybridized carbons (Fsp3) is 0.733. The molecule has 2 N–H and O–H groups in total. The monoisotopic (exact) mass is 391 g/mol. The van der Waals surface area contributed by atoms with Crippen molar-refractivity contribution in [3.8, 4) is 0 Å². The first-order chi connectivity index (χ1) is 10.1. The summed E-state index contributed by atoms with van der Waals surface area (Å²) in [6, 6.07) is 3.69. The lowest BCUT2D eigenvalue weighted by Gasteiger charge is -2.49. The maximum Gasteiger partial charge on any atom is 0.107 e. The number of thiophene rings is 1. The van der Waals surface area contributed by atoms with Gasteiger partial charge in [0, 0.05) is 41.1 Å². The molecule has 0 aromatic carbocycles. The van der Waals surface area contributed by atoms with Crippen molar-refractivity contribution < 1.29 is 0 Å². The van der Waals surface area contributed by atoms with Crippen LogP contribution in [0.3, 0.4) is 0 Å². The number of piperidine rings is 1. The van der Waals surface area contributed by atoms with Crippen molar-refractivity contribution in [2.45, 2.75) is 44.3 Å². The van der Waals surface area contributed by atoms with Gasteiger partial charge < -0.3 is 5.73 Å². The Balaban J connectivity index is 1.79. The van der Waals surface area contributed by atoms with Crippen molar-refractivity contribution >= 4 is 38.9 Å². The van der Waals surface area contributed by atoms with Crippen LogP contribution in [0.15, 0.2) is 10.5 Å². The van der Waals surface area contributed by atoms with Gasteiger partial charge in [0.2, 0.25) is 0 Å². The van der Waals surface area contributed by atoms with Gasteiger partial charge in [-0.1, -0.05) is 18.0 Å². The maximum absolute atomic E-state index is 6.22. The molecule has 0 aliphatic carbocycles. The number of rotatable bonds is 3. The van der Waals surface area contributed by atoms with Gasteiger partial charge >= 0.3 is 0 Å². The van der Waals surface area contributed by atoms with E-state index < -0.39 is 0 Å². The van der Waals surface area contributed by atoms with E-state index in [2.05, 4.69) is 38.7 Å². The van der Waals surface area contributed by atoms with Crippen molar-refractivity contribution in [2.24, 2.45) is 5.73 Å². The Kier molecular flexibility index (Phi) is 5.29. The molecule has 1 aromatic rings. The van der Waals surface area contributed by atoms with Gasteiger partial charge in [-0.2, -0.15) is 0 Å². The van der Waals surface area contributed by atoms with Crippen LogP contribution in [0.1, 0.15) is 37.1 Å². The van der Waals surface area contributed by atoms with Crippen LogP contribution in [-0.2, 0) is 0 Å². The van der Waals surface area contributed by atoms with E-state index >= 15 is 0 Å². The molecule has 0 radical (unpaired) electrons. The molecule has 1 aromatic heterocycles. The number of nitrogens with two attached hydrogens (primary N) is 1. The van der Waals surface area contributed by atoms with Gasteiger partial charge in [0.15, 0.2) is 0 Å². The Hall–Kier alpha value is 0.350. The smallest absolute Gasteiger partial charge is 0.107 e. The SMILES string of the molecule is CC1CN2CCCCC2CN1C(CN)c1cc(Br)c(Cl)s1. The van der Waals surface area contributed by atoms with Gasteiger partial charge in [-0.3, -0.25) is 9.80 Å². The van der Waals surface area contributed by atoms with Gasteiger partial charge in [0.05, 0.1) is 6.04 Å². The average Bonchev–Trinajstić information content (AvgIpc) is 2.80. The third kappa shape index (κ3) is 3.33. The van der Waals surface area contributed by atoms with Crippen molar-refractivity contribution in [3.63, 3.8) is 0 Å². The maximum atomic E-state index is 6.22. The molecular weight excluding hydrogens is 370 g/mol. The van der Waals surface area contributed by atoms with Crippen LogP contribution in [0.25, 0.3) is 0 Å². The molecular formula is C15H23BrClN3S. The van der Waals surface area contributed by atoms with Crippen LogP contribution in [0, 0.1) is 0 Å². The van der Waals surface area contributed by atoms with Crippen LogP contribution in [0.5, 0.6) is 0 Å². The zero-order valence-electron chi connectivity index (χ0n) is 12.4.